The number of hydrogen-bond acceptors (Lipinski definition) is 0. The molecule has 0 saturated heterocycles. The molecule has 2 heteroatoms. The van der Waals surface area contributed by atoms with Gasteiger partial charge < -0.3 is 0 Å². The Morgan fingerprint density at radius 2 is 1.48 bits per heavy atom. The minimum absolute atomic E-state index is 0.418. The van der Waals surface area contributed by atoms with E-state index in [1.807, 2.05) is 0 Å². The summed E-state index contributed by atoms with van der Waals surface area (Å²) in [5.41, 5.74) is 6.94. The quantitative estimate of drug-likeness (QED) is 0.415. The molecule has 0 saturated carbocycles. The first-order chi connectivity index (χ1) is 12.3. The van der Waals surface area contributed by atoms with Crippen LogP contribution in [0.4, 0.5) is 0 Å². The van der Waals surface area contributed by atoms with Gasteiger partial charge in [0, 0.05) is 16.6 Å². The van der Waals surface area contributed by atoms with E-state index in [1.54, 1.807) is 0 Å². The minimum Gasteiger partial charge on any atom is -0.0876 e. The second kappa shape index (κ2) is 9.35. The molecular weight excluding hydrogens is 436 g/mol. The van der Waals surface area contributed by atoms with Gasteiger partial charge >= 0.3 is 0 Å². The molecule has 3 rings (SSSR count). The maximum Gasteiger partial charge on any atom is 0.0286 e. The molecule has 0 fully saturated rings. The summed E-state index contributed by atoms with van der Waals surface area (Å²) in [6.07, 6.45) is 13.3. The number of benzene rings is 2. The number of hydrogen-bond donors (Lipinski definition) is 0. The third kappa shape index (κ3) is 4.83. The van der Waals surface area contributed by atoms with Gasteiger partial charge in [0.1, 0.15) is 0 Å². The predicted molar refractivity (Wildman–Crippen MR) is 116 cm³/mol. The molecule has 1 aliphatic rings. The fourth-order valence-electron chi connectivity index (χ4n) is 3.30. The summed E-state index contributed by atoms with van der Waals surface area (Å²) < 4.78 is 0. The Kier molecular flexibility index (Phi) is 6.89. The van der Waals surface area contributed by atoms with Gasteiger partial charge in [-0.25, -0.2) is 0 Å². The Labute approximate surface area is 167 Å². The Morgan fingerprint density at radius 3 is 2.24 bits per heavy atom. The number of rotatable bonds is 5. The van der Waals surface area contributed by atoms with Gasteiger partial charge in [-0.3, -0.25) is 0 Å². The summed E-state index contributed by atoms with van der Waals surface area (Å²) in [6, 6.07) is 17.4. The average Bonchev–Trinajstić information content (AvgIpc) is 2.64. The molecule has 0 amide bonds. The van der Waals surface area contributed by atoms with E-state index in [1.165, 1.54) is 27.8 Å². The maximum absolute atomic E-state index is 3.64. The SMILES string of the molecule is BrCc1ccccc1CC1=C/C(c2ccccc2CBr)C\C=C/C=C\1. The molecule has 2 aromatic rings. The molecule has 0 N–H and O–H groups in total. The van der Waals surface area contributed by atoms with Gasteiger partial charge in [-0.1, -0.05) is 111 Å². The molecule has 1 aliphatic carbocycles. The van der Waals surface area contributed by atoms with Crippen LogP contribution < -0.4 is 0 Å². The molecule has 0 bridgehead atoms. The van der Waals surface area contributed by atoms with E-state index in [0.29, 0.717) is 5.92 Å². The average molecular weight is 458 g/mol. The Balaban J connectivity index is 1.95. The smallest absolute Gasteiger partial charge is 0.0286 e. The van der Waals surface area contributed by atoms with E-state index in [-0.39, 0.29) is 0 Å². The minimum atomic E-state index is 0.418. The Morgan fingerprint density at radius 1 is 0.800 bits per heavy atom. The van der Waals surface area contributed by atoms with Gasteiger partial charge in [0.15, 0.2) is 0 Å². The van der Waals surface area contributed by atoms with Crippen LogP contribution in [0.3, 0.4) is 0 Å². The summed E-state index contributed by atoms with van der Waals surface area (Å²) in [7, 11) is 0. The third-order valence-corrected chi connectivity index (χ3v) is 5.83. The van der Waals surface area contributed by atoms with Crippen molar-refractivity contribution in [3.63, 3.8) is 0 Å². The van der Waals surface area contributed by atoms with Crippen molar-refractivity contribution >= 4 is 31.9 Å². The van der Waals surface area contributed by atoms with Gasteiger partial charge in [-0.05, 0) is 40.7 Å². The van der Waals surface area contributed by atoms with Crippen molar-refractivity contribution in [3.05, 3.63) is 107 Å². The monoisotopic (exact) mass is 456 g/mol. The zero-order chi connectivity index (χ0) is 17.5. The number of alkyl halides is 2. The highest BCUT2D eigenvalue weighted by atomic mass is 79.9. The van der Waals surface area contributed by atoms with Crippen LogP contribution >= 0.6 is 31.9 Å². The van der Waals surface area contributed by atoms with Crippen molar-refractivity contribution < 1.29 is 0 Å². The van der Waals surface area contributed by atoms with E-state index in [0.717, 1.165) is 23.5 Å². The van der Waals surface area contributed by atoms with Gasteiger partial charge in [-0.2, -0.15) is 0 Å². The second-order valence-electron chi connectivity index (χ2n) is 6.28. The molecule has 0 spiro atoms. The highest BCUT2D eigenvalue weighted by molar-refractivity contribution is 9.08. The van der Waals surface area contributed by atoms with E-state index in [9.17, 15) is 0 Å². The van der Waals surface area contributed by atoms with Crippen molar-refractivity contribution in [2.75, 3.05) is 0 Å². The maximum atomic E-state index is 3.64. The van der Waals surface area contributed by atoms with Crippen LogP contribution in [-0.4, -0.2) is 0 Å². The van der Waals surface area contributed by atoms with Crippen LogP contribution in [0.1, 0.15) is 34.6 Å². The fraction of sp³-hybridized carbons (Fsp3) is 0.217. The second-order valence-corrected chi connectivity index (χ2v) is 7.40. The highest BCUT2D eigenvalue weighted by Crippen LogP contribution is 2.30. The molecule has 0 aromatic heterocycles. The van der Waals surface area contributed by atoms with Crippen LogP contribution in [0.25, 0.3) is 0 Å². The van der Waals surface area contributed by atoms with Crippen molar-refractivity contribution in [1.82, 2.24) is 0 Å². The molecule has 0 nitrogen and oxygen atoms in total. The highest BCUT2D eigenvalue weighted by Gasteiger charge is 2.13. The summed E-state index contributed by atoms with van der Waals surface area (Å²) in [6.45, 7) is 0. The summed E-state index contributed by atoms with van der Waals surface area (Å²) in [5.74, 6) is 0.418. The van der Waals surface area contributed by atoms with Gasteiger partial charge in [-0.15, -0.1) is 0 Å². The van der Waals surface area contributed by atoms with E-state index in [4.69, 9.17) is 0 Å². The van der Waals surface area contributed by atoms with Crippen molar-refractivity contribution in [1.29, 1.82) is 0 Å². The van der Waals surface area contributed by atoms with Crippen molar-refractivity contribution in [2.24, 2.45) is 0 Å². The molecular formula is C23H22Br2. The molecule has 25 heavy (non-hydrogen) atoms. The number of allylic oxidation sites excluding steroid dienone is 6. The van der Waals surface area contributed by atoms with Crippen molar-refractivity contribution in [3.8, 4) is 0 Å². The Hall–Kier alpha value is -1.38. The lowest BCUT2D eigenvalue weighted by atomic mass is 9.87. The van der Waals surface area contributed by atoms with Crippen molar-refractivity contribution in [2.45, 2.75) is 29.4 Å². The molecule has 0 radical (unpaired) electrons. The standard InChI is InChI=1S/C23H22Br2/c24-16-21-11-5-4-9-19(21)14-18-8-2-1-3-10-20(15-18)23-13-7-6-12-22(23)17-25/h1-9,11-13,15,20H,10,14,16-17H2/b3-1-,8-2-,18-15+. The summed E-state index contributed by atoms with van der Waals surface area (Å²) >= 11 is 7.25. The Bertz CT molecular complexity index is 799. The first-order valence-electron chi connectivity index (χ1n) is 8.62. The molecule has 0 heterocycles. The topological polar surface area (TPSA) is 0 Å². The van der Waals surface area contributed by atoms with Gasteiger partial charge in [0.05, 0.1) is 0 Å². The lowest BCUT2D eigenvalue weighted by Crippen LogP contribution is -2.02. The lowest BCUT2D eigenvalue weighted by Gasteiger charge is -2.18. The zero-order valence-corrected chi connectivity index (χ0v) is 17.3. The largest absolute Gasteiger partial charge is 0.0876 e. The third-order valence-electron chi connectivity index (χ3n) is 4.62. The van der Waals surface area contributed by atoms with Gasteiger partial charge in [0.25, 0.3) is 0 Å². The molecule has 1 unspecified atom stereocenters. The van der Waals surface area contributed by atoms with E-state index < -0.39 is 0 Å². The fourth-order valence-corrected chi connectivity index (χ4v) is 4.36. The van der Waals surface area contributed by atoms with Crippen LogP contribution in [-0.2, 0) is 17.1 Å². The first kappa shape index (κ1) is 18.4. The van der Waals surface area contributed by atoms with Crippen LogP contribution in [0.5, 0.6) is 0 Å². The molecule has 1 atom stereocenters. The summed E-state index contributed by atoms with van der Waals surface area (Å²) in [4.78, 5) is 0. The first-order valence-corrected chi connectivity index (χ1v) is 10.9. The normalized spacial score (nSPS) is 21.7. The van der Waals surface area contributed by atoms with Crippen LogP contribution in [0.15, 0.2) is 84.5 Å². The van der Waals surface area contributed by atoms with Gasteiger partial charge in [0.2, 0.25) is 0 Å². The molecule has 128 valence electrons. The predicted octanol–water partition coefficient (Wildman–Crippen LogP) is 7.25. The van der Waals surface area contributed by atoms with Crippen LogP contribution in [0, 0.1) is 0 Å². The zero-order valence-electron chi connectivity index (χ0n) is 14.2. The van der Waals surface area contributed by atoms with Crippen LogP contribution in [0.2, 0.25) is 0 Å². The molecule has 0 aliphatic heterocycles. The molecule has 2 aromatic carbocycles. The summed E-state index contributed by atoms with van der Waals surface area (Å²) in [5, 5.41) is 1.80. The van der Waals surface area contributed by atoms with E-state index >= 15 is 0 Å². The van der Waals surface area contributed by atoms with E-state index in [2.05, 4.69) is 111 Å². The number of halogens is 2. The lowest BCUT2D eigenvalue weighted by molar-refractivity contribution is 0.841.